The summed E-state index contributed by atoms with van der Waals surface area (Å²) >= 11 is 0. The molecule has 1 aliphatic rings. The summed E-state index contributed by atoms with van der Waals surface area (Å²) in [4.78, 5) is 12.8. The first-order valence-electron chi connectivity index (χ1n) is 6.72. The molecule has 4 N–H and O–H groups in total. The summed E-state index contributed by atoms with van der Waals surface area (Å²) in [5, 5.41) is 14.3. The van der Waals surface area contributed by atoms with E-state index in [0.717, 1.165) is 25.1 Å². The topological polar surface area (TPSA) is 96.5 Å². The summed E-state index contributed by atoms with van der Waals surface area (Å²) in [7, 11) is 2.12. The molecule has 0 bridgehead atoms. The Bertz CT molecular complexity index is 494. The van der Waals surface area contributed by atoms with Crippen molar-refractivity contribution in [2.75, 3.05) is 24.3 Å². The molecule has 0 radical (unpaired) electrons. The number of nitrogens with one attached hydrogen (secondary N) is 2. The maximum absolute atomic E-state index is 10.9. The number of benzene rings is 1. The van der Waals surface area contributed by atoms with Crippen molar-refractivity contribution >= 4 is 17.1 Å². The minimum absolute atomic E-state index is 0.0314. The van der Waals surface area contributed by atoms with E-state index in [-0.39, 0.29) is 5.69 Å². The van der Waals surface area contributed by atoms with Gasteiger partial charge in [0.25, 0.3) is 5.69 Å². The molecule has 2 atom stereocenters. The van der Waals surface area contributed by atoms with Crippen LogP contribution >= 0.6 is 0 Å². The van der Waals surface area contributed by atoms with Crippen LogP contribution in [-0.4, -0.2) is 35.5 Å². The third-order valence-electron chi connectivity index (χ3n) is 3.87. The summed E-state index contributed by atoms with van der Waals surface area (Å²) in [6.07, 6.45) is 2.04. The van der Waals surface area contributed by atoms with Crippen molar-refractivity contribution < 1.29 is 4.92 Å². The Morgan fingerprint density at radius 1 is 1.40 bits per heavy atom. The lowest BCUT2D eigenvalue weighted by atomic mass is 9.98. The maximum atomic E-state index is 10.9. The zero-order chi connectivity index (χ0) is 14.7. The van der Waals surface area contributed by atoms with Crippen LogP contribution in [-0.2, 0) is 0 Å². The second-order valence-electron chi connectivity index (χ2n) is 5.37. The van der Waals surface area contributed by atoms with Gasteiger partial charge in [-0.05, 0) is 32.9 Å². The van der Waals surface area contributed by atoms with Gasteiger partial charge >= 0.3 is 0 Å². The highest BCUT2D eigenvalue weighted by molar-refractivity contribution is 5.63. The fraction of sp³-hybridized carbons (Fsp3) is 0.538. The van der Waals surface area contributed by atoms with Crippen molar-refractivity contribution in [1.82, 2.24) is 4.90 Å². The average Bonchev–Trinajstić information content (AvgIpc) is 2.42. The molecule has 1 aromatic rings. The molecule has 0 spiro atoms. The Hall–Kier alpha value is -1.86. The van der Waals surface area contributed by atoms with E-state index in [1.807, 2.05) is 0 Å². The van der Waals surface area contributed by atoms with E-state index < -0.39 is 4.92 Å². The number of hydrogen-bond acceptors (Lipinski definition) is 6. The van der Waals surface area contributed by atoms with Crippen LogP contribution in [0.2, 0.25) is 0 Å². The molecule has 0 aromatic heterocycles. The minimum atomic E-state index is -0.413. The van der Waals surface area contributed by atoms with Gasteiger partial charge in [0.2, 0.25) is 0 Å². The fourth-order valence-corrected chi connectivity index (χ4v) is 2.54. The van der Waals surface area contributed by atoms with Crippen LogP contribution in [0.25, 0.3) is 0 Å². The zero-order valence-corrected chi connectivity index (χ0v) is 11.8. The van der Waals surface area contributed by atoms with Gasteiger partial charge in [-0.2, -0.15) is 0 Å². The van der Waals surface area contributed by atoms with Crippen molar-refractivity contribution in [2.24, 2.45) is 5.84 Å². The largest absolute Gasteiger partial charge is 0.382 e. The van der Waals surface area contributed by atoms with Crippen LogP contribution in [0.4, 0.5) is 17.1 Å². The van der Waals surface area contributed by atoms with Crippen molar-refractivity contribution in [3.05, 3.63) is 28.3 Å². The standard InChI is InChI=1S/C13H21N5O2/c1-9-5-10(3-4-17(9)2)15-11-6-12(16-14)8-13(7-11)18(19)20/h6-10,15-16H,3-5,14H2,1-2H3. The number of nitro groups is 1. The third kappa shape index (κ3) is 3.37. The normalized spacial score (nSPS) is 23.4. The third-order valence-corrected chi connectivity index (χ3v) is 3.87. The van der Waals surface area contributed by atoms with Gasteiger partial charge in [-0.1, -0.05) is 0 Å². The number of anilines is 2. The number of nitro benzene ring substituents is 1. The summed E-state index contributed by atoms with van der Waals surface area (Å²) in [5.41, 5.74) is 3.76. The maximum Gasteiger partial charge on any atom is 0.273 e. The van der Waals surface area contributed by atoms with E-state index >= 15 is 0 Å². The molecule has 7 heteroatoms. The minimum Gasteiger partial charge on any atom is -0.382 e. The van der Waals surface area contributed by atoms with Gasteiger partial charge in [0.15, 0.2) is 0 Å². The summed E-state index contributed by atoms with van der Waals surface area (Å²) in [5.74, 6) is 5.35. The molecule has 7 nitrogen and oxygen atoms in total. The molecule has 0 aliphatic carbocycles. The highest BCUT2D eigenvalue weighted by Gasteiger charge is 2.23. The van der Waals surface area contributed by atoms with Crippen molar-refractivity contribution in [3.63, 3.8) is 0 Å². The molecular formula is C13H21N5O2. The zero-order valence-electron chi connectivity index (χ0n) is 11.8. The smallest absolute Gasteiger partial charge is 0.273 e. The molecular weight excluding hydrogens is 258 g/mol. The number of nitrogens with two attached hydrogens (primary N) is 1. The highest BCUT2D eigenvalue weighted by atomic mass is 16.6. The predicted molar refractivity (Wildman–Crippen MR) is 79.6 cm³/mol. The van der Waals surface area contributed by atoms with Crippen molar-refractivity contribution in [2.45, 2.75) is 31.8 Å². The first-order valence-corrected chi connectivity index (χ1v) is 6.72. The number of piperidine rings is 1. The van der Waals surface area contributed by atoms with Gasteiger partial charge in [-0.3, -0.25) is 16.0 Å². The average molecular weight is 279 g/mol. The van der Waals surface area contributed by atoms with Gasteiger partial charge < -0.3 is 15.6 Å². The second-order valence-corrected chi connectivity index (χ2v) is 5.37. The van der Waals surface area contributed by atoms with Crippen LogP contribution in [0.15, 0.2) is 18.2 Å². The van der Waals surface area contributed by atoms with E-state index in [9.17, 15) is 10.1 Å². The Morgan fingerprint density at radius 2 is 2.10 bits per heavy atom. The molecule has 2 rings (SSSR count). The monoisotopic (exact) mass is 279 g/mol. The Balaban J connectivity index is 2.12. The van der Waals surface area contributed by atoms with E-state index in [4.69, 9.17) is 5.84 Å². The summed E-state index contributed by atoms with van der Waals surface area (Å²) in [6.45, 7) is 3.21. The van der Waals surface area contributed by atoms with Gasteiger partial charge in [-0.25, -0.2) is 0 Å². The van der Waals surface area contributed by atoms with Crippen LogP contribution in [0.5, 0.6) is 0 Å². The SMILES string of the molecule is CC1CC(Nc2cc(NN)cc([N+](=O)[O-])c2)CCN1C. The van der Waals surface area contributed by atoms with Gasteiger partial charge in [0.05, 0.1) is 10.6 Å². The van der Waals surface area contributed by atoms with Gasteiger partial charge in [-0.15, -0.1) is 0 Å². The Morgan fingerprint density at radius 3 is 2.70 bits per heavy atom. The van der Waals surface area contributed by atoms with E-state index in [0.29, 0.717) is 17.8 Å². The van der Waals surface area contributed by atoms with Crippen LogP contribution in [0.3, 0.4) is 0 Å². The molecule has 1 aromatic carbocycles. The van der Waals surface area contributed by atoms with Crippen molar-refractivity contribution in [1.29, 1.82) is 0 Å². The highest BCUT2D eigenvalue weighted by Crippen LogP contribution is 2.26. The van der Waals surface area contributed by atoms with Crippen LogP contribution in [0.1, 0.15) is 19.8 Å². The predicted octanol–water partition coefficient (Wildman–Crippen LogP) is 1.77. The van der Waals surface area contributed by atoms with Crippen LogP contribution in [0, 0.1) is 10.1 Å². The first kappa shape index (κ1) is 14.5. The molecule has 1 aliphatic heterocycles. The number of hydrazine groups is 1. The number of nitrogens with zero attached hydrogens (tertiary/aromatic N) is 2. The molecule has 20 heavy (non-hydrogen) atoms. The lowest BCUT2D eigenvalue weighted by Crippen LogP contribution is -2.42. The molecule has 1 heterocycles. The lowest BCUT2D eigenvalue weighted by molar-refractivity contribution is -0.384. The van der Waals surface area contributed by atoms with E-state index in [1.54, 1.807) is 12.1 Å². The van der Waals surface area contributed by atoms with Gasteiger partial charge in [0, 0.05) is 36.4 Å². The van der Waals surface area contributed by atoms with E-state index in [2.05, 4.69) is 29.6 Å². The quantitative estimate of drug-likeness (QED) is 0.441. The number of likely N-dealkylation sites (tertiary alicyclic amines) is 1. The Labute approximate surface area is 118 Å². The molecule has 0 amide bonds. The number of non-ortho nitro benzene ring substituents is 1. The van der Waals surface area contributed by atoms with E-state index in [1.165, 1.54) is 6.07 Å². The number of nitrogen functional groups attached to an aromatic ring is 1. The molecule has 1 saturated heterocycles. The first-order chi connectivity index (χ1) is 9.49. The molecule has 110 valence electrons. The summed E-state index contributed by atoms with van der Waals surface area (Å²) < 4.78 is 0. The molecule has 1 fully saturated rings. The lowest BCUT2D eigenvalue weighted by Gasteiger charge is -2.35. The molecule has 0 saturated carbocycles. The van der Waals surface area contributed by atoms with Crippen molar-refractivity contribution in [3.8, 4) is 0 Å². The molecule has 2 unspecified atom stereocenters. The number of rotatable bonds is 4. The second kappa shape index (κ2) is 6.06. The fourth-order valence-electron chi connectivity index (χ4n) is 2.54. The number of hydrogen-bond donors (Lipinski definition) is 3. The van der Waals surface area contributed by atoms with Crippen LogP contribution < -0.4 is 16.6 Å². The summed E-state index contributed by atoms with van der Waals surface area (Å²) in [6, 6.07) is 5.59. The van der Waals surface area contributed by atoms with Gasteiger partial charge in [0.1, 0.15) is 0 Å². The Kier molecular flexibility index (Phi) is 4.41.